The zero-order chi connectivity index (χ0) is 13.3. The van der Waals surface area contributed by atoms with Crippen molar-refractivity contribution in [2.24, 2.45) is 0 Å². The molecule has 0 saturated carbocycles. The van der Waals surface area contributed by atoms with Crippen LogP contribution in [0.1, 0.15) is 26.7 Å². The smallest absolute Gasteiger partial charge is 0.0804 e. The molecule has 1 aromatic carbocycles. The summed E-state index contributed by atoms with van der Waals surface area (Å²) in [6.45, 7) is 4.11. The number of hydrogen-bond acceptors (Lipinski definition) is 3. The van der Waals surface area contributed by atoms with Crippen LogP contribution in [0.15, 0.2) is 23.1 Å². The highest BCUT2D eigenvalue weighted by Crippen LogP contribution is 2.32. The Kier molecular flexibility index (Phi) is 3.99. The van der Waals surface area contributed by atoms with Gasteiger partial charge in [-0.05, 0) is 38.8 Å². The molecule has 1 fully saturated rings. The van der Waals surface area contributed by atoms with Crippen molar-refractivity contribution in [2.75, 3.05) is 11.5 Å². The molecule has 0 bridgehead atoms. The van der Waals surface area contributed by atoms with Crippen LogP contribution in [0.25, 0.3) is 0 Å². The van der Waals surface area contributed by atoms with E-state index in [4.69, 9.17) is 22.1 Å². The first kappa shape index (κ1) is 13.8. The number of hydrogen-bond donors (Lipinski definition) is 1. The minimum Gasteiger partial charge on any atom is -0.398 e. The predicted octanol–water partition coefficient (Wildman–Crippen LogP) is 2.99. The van der Waals surface area contributed by atoms with Gasteiger partial charge < -0.3 is 10.5 Å². The minimum atomic E-state index is -1.21. The van der Waals surface area contributed by atoms with Crippen LogP contribution in [0.5, 0.6) is 0 Å². The molecule has 2 rings (SSSR count). The van der Waals surface area contributed by atoms with Crippen molar-refractivity contribution in [1.82, 2.24) is 0 Å². The zero-order valence-corrected chi connectivity index (χ0v) is 12.2. The maximum absolute atomic E-state index is 12.3. The molecular weight excluding hydrogens is 270 g/mol. The van der Waals surface area contributed by atoms with E-state index in [1.165, 1.54) is 0 Å². The van der Waals surface area contributed by atoms with Crippen molar-refractivity contribution < 1.29 is 8.95 Å². The van der Waals surface area contributed by atoms with Crippen molar-refractivity contribution in [2.45, 2.75) is 43.3 Å². The van der Waals surface area contributed by atoms with Gasteiger partial charge in [0.2, 0.25) is 0 Å². The predicted molar refractivity (Wildman–Crippen MR) is 75.3 cm³/mol. The number of nitrogen functional groups attached to an aromatic ring is 1. The quantitative estimate of drug-likeness (QED) is 0.870. The summed E-state index contributed by atoms with van der Waals surface area (Å²) >= 11 is 6.05. The maximum atomic E-state index is 12.3. The highest BCUT2D eigenvalue weighted by Gasteiger charge is 2.33. The third kappa shape index (κ3) is 3.05. The molecule has 2 unspecified atom stereocenters. The van der Waals surface area contributed by atoms with Gasteiger partial charge in [-0.1, -0.05) is 17.7 Å². The number of halogens is 1. The van der Waals surface area contributed by atoms with Gasteiger partial charge in [-0.15, -0.1) is 0 Å². The Morgan fingerprint density at radius 3 is 2.83 bits per heavy atom. The van der Waals surface area contributed by atoms with E-state index < -0.39 is 10.8 Å². The lowest BCUT2D eigenvalue weighted by molar-refractivity contribution is -0.00497. The van der Waals surface area contributed by atoms with Crippen molar-refractivity contribution >= 4 is 28.1 Å². The van der Waals surface area contributed by atoms with Crippen LogP contribution in [0.3, 0.4) is 0 Å². The molecular formula is C13H18ClNO2S. The third-order valence-corrected chi connectivity index (χ3v) is 5.13. The first-order chi connectivity index (χ1) is 8.39. The maximum Gasteiger partial charge on any atom is 0.0804 e. The fraction of sp³-hybridized carbons (Fsp3) is 0.538. The largest absolute Gasteiger partial charge is 0.398 e. The van der Waals surface area contributed by atoms with Crippen molar-refractivity contribution in [1.29, 1.82) is 0 Å². The van der Waals surface area contributed by atoms with Crippen molar-refractivity contribution in [3.8, 4) is 0 Å². The van der Waals surface area contributed by atoms with E-state index in [1.54, 1.807) is 18.2 Å². The summed E-state index contributed by atoms with van der Waals surface area (Å²) in [6.07, 6.45) is 1.95. The van der Waals surface area contributed by atoms with Crippen LogP contribution >= 0.6 is 11.6 Å². The molecule has 0 radical (unpaired) electrons. The first-order valence-corrected chi connectivity index (χ1v) is 7.69. The van der Waals surface area contributed by atoms with Crippen LogP contribution in [0, 0.1) is 0 Å². The highest BCUT2D eigenvalue weighted by atomic mass is 35.5. The molecule has 2 atom stereocenters. The van der Waals surface area contributed by atoms with Crippen LogP contribution in [0.2, 0.25) is 5.02 Å². The van der Waals surface area contributed by atoms with Crippen LogP contribution in [0.4, 0.5) is 5.69 Å². The fourth-order valence-corrected chi connectivity index (χ4v) is 4.01. The Morgan fingerprint density at radius 1 is 1.56 bits per heavy atom. The van der Waals surface area contributed by atoms with Gasteiger partial charge in [0.25, 0.3) is 0 Å². The lowest BCUT2D eigenvalue weighted by atomic mass is 10.1. The summed E-state index contributed by atoms with van der Waals surface area (Å²) in [5.41, 5.74) is 6.21. The first-order valence-electron chi connectivity index (χ1n) is 5.99. The van der Waals surface area contributed by atoms with Crippen LogP contribution in [-0.2, 0) is 15.5 Å². The van der Waals surface area contributed by atoms with E-state index >= 15 is 0 Å². The summed E-state index contributed by atoms with van der Waals surface area (Å²) in [7, 11) is -1.21. The summed E-state index contributed by atoms with van der Waals surface area (Å²) in [4.78, 5) is 0.535. The van der Waals surface area contributed by atoms with Gasteiger partial charge >= 0.3 is 0 Å². The SMILES string of the molecule is CC1(C)CCC(CS(=O)c2c(N)cccc2Cl)O1. The fourth-order valence-electron chi connectivity index (χ4n) is 2.21. The molecule has 1 aliphatic heterocycles. The Labute approximate surface area is 115 Å². The van der Waals surface area contributed by atoms with E-state index in [0.29, 0.717) is 21.4 Å². The lowest BCUT2D eigenvalue weighted by Crippen LogP contribution is -2.23. The van der Waals surface area contributed by atoms with E-state index in [1.807, 2.05) is 0 Å². The van der Waals surface area contributed by atoms with Gasteiger partial charge in [0.1, 0.15) is 0 Å². The molecule has 1 heterocycles. The average molecular weight is 288 g/mol. The second-order valence-corrected chi connectivity index (χ2v) is 7.05. The molecule has 2 N–H and O–H groups in total. The van der Waals surface area contributed by atoms with Gasteiger partial charge in [-0.25, -0.2) is 0 Å². The normalized spacial score (nSPS) is 24.1. The van der Waals surface area contributed by atoms with E-state index in [-0.39, 0.29) is 11.7 Å². The Bertz CT molecular complexity index is 456. The highest BCUT2D eigenvalue weighted by molar-refractivity contribution is 7.85. The second-order valence-electron chi connectivity index (χ2n) is 5.21. The summed E-state index contributed by atoms with van der Waals surface area (Å²) in [5, 5.41) is 0.464. The third-order valence-electron chi connectivity index (χ3n) is 3.12. The number of anilines is 1. The Hall–Kier alpha value is -0.580. The molecule has 0 aliphatic carbocycles. The lowest BCUT2D eigenvalue weighted by Gasteiger charge is -2.19. The summed E-state index contributed by atoms with van der Waals surface area (Å²) in [5.74, 6) is 0.456. The molecule has 3 nitrogen and oxygen atoms in total. The Balaban J connectivity index is 2.09. The topological polar surface area (TPSA) is 52.3 Å². The van der Waals surface area contributed by atoms with Gasteiger partial charge in [-0.2, -0.15) is 0 Å². The Morgan fingerprint density at radius 2 is 2.28 bits per heavy atom. The summed E-state index contributed by atoms with van der Waals surface area (Å²) in [6, 6.07) is 5.19. The van der Waals surface area contributed by atoms with Crippen molar-refractivity contribution in [3.63, 3.8) is 0 Å². The van der Waals surface area contributed by atoms with Gasteiger partial charge in [0, 0.05) is 5.69 Å². The molecule has 1 saturated heterocycles. The van der Waals surface area contributed by atoms with Crippen LogP contribution < -0.4 is 5.73 Å². The molecule has 1 aromatic rings. The minimum absolute atomic E-state index is 0.0245. The van der Waals surface area contributed by atoms with Gasteiger partial charge in [0.15, 0.2) is 0 Å². The van der Waals surface area contributed by atoms with E-state index in [2.05, 4.69) is 13.8 Å². The molecule has 0 amide bonds. The van der Waals surface area contributed by atoms with Gasteiger partial charge in [-0.3, -0.25) is 4.21 Å². The van der Waals surface area contributed by atoms with E-state index in [0.717, 1.165) is 12.8 Å². The van der Waals surface area contributed by atoms with Gasteiger partial charge in [0.05, 0.1) is 38.2 Å². The molecule has 1 aliphatic rings. The van der Waals surface area contributed by atoms with Crippen molar-refractivity contribution in [3.05, 3.63) is 23.2 Å². The summed E-state index contributed by atoms with van der Waals surface area (Å²) < 4.78 is 18.2. The second kappa shape index (κ2) is 5.19. The molecule has 5 heteroatoms. The standard InChI is InChI=1S/C13H18ClNO2S/c1-13(2)7-6-9(17-13)8-18(16)12-10(14)4-3-5-11(12)15/h3-5,9H,6-8,15H2,1-2H3. The molecule has 0 aromatic heterocycles. The monoisotopic (exact) mass is 287 g/mol. The zero-order valence-electron chi connectivity index (χ0n) is 10.6. The number of ether oxygens (including phenoxy) is 1. The molecule has 18 heavy (non-hydrogen) atoms. The number of nitrogens with two attached hydrogens (primary N) is 1. The number of benzene rings is 1. The average Bonchev–Trinajstić information content (AvgIpc) is 2.57. The number of rotatable bonds is 3. The molecule has 100 valence electrons. The molecule has 0 spiro atoms. The van der Waals surface area contributed by atoms with E-state index in [9.17, 15) is 4.21 Å². The van der Waals surface area contributed by atoms with Crippen LogP contribution in [-0.4, -0.2) is 21.7 Å².